The van der Waals surface area contributed by atoms with Gasteiger partial charge >= 0.3 is 12.1 Å². The van der Waals surface area contributed by atoms with Crippen molar-refractivity contribution in [1.29, 1.82) is 0 Å². The van der Waals surface area contributed by atoms with Crippen molar-refractivity contribution in [3.8, 4) is 11.1 Å². The van der Waals surface area contributed by atoms with E-state index in [0.29, 0.717) is 19.8 Å². The quantitative estimate of drug-likeness (QED) is 0.669. The van der Waals surface area contributed by atoms with Crippen LogP contribution in [0.5, 0.6) is 0 Å². The maximum absolute atomic E-state index is 13.1. The summed E-state index contributed by atoms with van der Waals surface area (Å²) in [5.74, 6) is -1.45. The highest BCUT2D eigenvalue weighted by molar-refractivity contribution is 5.86. The number of rotatable bonds is 7. The maximum Gasteiger partial charge on any atom is 0.407 e. The Labute approximate surface area is 192 Å². The Morgan fingerprint density at radius 2 is 1.76 bits per heavy atom. The van der Waals surface area contributed by atoms with E-state index in [9.17, 15) is 14.4 Å². The van der Waals surface area contributed by atoms with Gasteiger partial charge in [0.2, 0.25) is 5.91 Å². The van der Waals surface area contributed by atoms with Crippen molar-refractivity contribution in [2.75, 3.05) is 26.4 Å². The number of carbonyl (C=O) groups is 3. The van der Waals surface area contributed by atoms with E-state index in [0.717, 1.165) is 22.3 Å². The molecule has 1 aliphatic heterocycles. The summed E-state index contributed by atoms with van der Waals surface area (Å²) >= 11 is 0. The van der Waals surface area contributed by atoms with Crippen molar-refractivity contribution in [3.63, 3.8) is 0 Å². The highest BCUT2D eigenvalue weighted by Crippen LogP contribution is 2.44. The third-order valence-electron chi connectivity index (χ3n) is 6.23. The highest BCUT2D eigenvalue weighted by atomic mass is 16.5. The molecule has 0 bridgehead atoms. The fourth-order valence-corrected chi connectivity index (χ4v) is 4.56. The molecule has 4 rings (SSSR count). The highest BCUT2D eigenvalue weighted by Gasteiger charge is 2.33. The number of amides is 2. The Hall–Kier alpha value is -3.39. The predicted molar refractivity (Wildman–Crippen MR) is 121 cm³/mol. The summed E-state index contributed by atoms with van der Waals surface area (Å²) in [6.45, 7) is 3.19. The van der Waals surface area contributed by atoms with Gasteiger partial charge in [-0.15, -0.1) is 0 Å². The van der Waals surface area contributed by atoms with Crippen molar-refractivity contribution in [1.82, 2.24) is 10.2 Å². The number of aliphatic carboxylic acids is 1. The van der Waals surface area contributed by atoms with E-state index in [2.05, 4.69) is 17.4 Å². The van der Waals surface area contributed by atoms with Gasteiger partial charge in [0, 0.05) is 18.9 Å². The summed E-state index contributed by atoms with van der Waals surface area (Å²) in [6.07, 6.45) is -0.983. The fourth-order valence-electron chi connectivity index (χ4n) is 4.56. The van der Waals surface area contributed by atoms with Gasteiger partial charge in [-0.25, -0.2) is 4.79 Å². The normalized spacial score (nSPS) is 18.2. The lowest BCUT2D eigenvalue weighted by molar-refractivity contribution is -0.142. The Morgan fingerprint density at radius 3 is 2.36 bits per heavy atom. The molecule has 1 unspecified atom stereocenters. The smallest absolute Gasteiger partial charge is 0.407 e. The van der Waals surface area contributed by atoms with Crippen LogP contribution < -0.4 is 5.32 Å². The second kappa shape index (κ2) is 10.0. The minimum absolute atomic E-state index is 0.0115. The number of fused-ring (bicyclic) bond motifs is 3. The zero-order chi connectivity index (χ0) is 23.4. The number of alkyl carbamates (subject to hydrolysis) is 1. The molecule has 2 aromatic rings. The van der Waals surface area contributed by atoms with Gasteiger partial charge in [-0.05, 0) is 35.6 Å². The van der Waals surface area contributed by atoms with E-state index in [4.69, 9.17) is 14.6 Å². The Kier molecular flexibility index (Phi) is 6.93. The van der Waals surface area contributed by atoms with Crippen molar-refractivity contribution in [3.05, 3.63) is 59.7 Å². The van der Waals surface area contributed by atoms with Crippen LogP contribution in [0.1, 0.15) is 36.8 Å². The van der Waals surface area contributed by atoms with Crippen LogP contribution in [-0.2, 0) is 19.1 Å². The lowest BCUT2D eigenvalue weighted by atomic mass is 9.98. The molecule has 2 aromatic carbocycles. The first-order chi connectivity index (χ1) is 16.0. The van der Waals surface area contributed by atoms with E-state index >= 15 is 0 Å². The molecule has 0 aromatic heterocycles. The molecule has 1 saturated heterocycles. The van der Waals surface area contributed by atoms with Crippen LogP contribution in [0.2, 0.25) is 0 Å². The molecule has 33 heavy (non-hydrogen) atoms. The minimum atomic E-state index is -1.03. The van der Waals surface area contributed by atoms with Gasteiger partial charge in [-0.2, -0.15) is 0 Å². The van der Waals surface area contributed by atoms with Crippen LogP contribution in [0.15, 0.2) is 48.5 Å². The predicted octanol–water partition coefficient (Wildman–Crippen LogP) is 3.01. The molecule has 8 heteroatoms. The van der Waals surface area contributed by atoms with E-state index < -0.39 is 18.1 Å². The Morgan fingerprint density at radius 1 is 1.12 bits per heavy atom. The maximum atomic E-state index is 13.1. The number of hydrogen-bond acceptors (Lipinski definition) is 5. The van der Waals surface area contributed by atoms with Crippen molar-refractivity contribution in [2.24, 2.45) is 0 Å². The summed E-state index contributed by atoms with van der Waals surface area (Å²) < 4.78 is 10.9. The van der Waals surface area contributed by atoms with Gasteiger partial charge in [0.15, 0.2) is 0 Å². The van der Waals surface area contributed by atoms with E-state index in [1.54, 1.807) is 4.90 Å². The number of ether oxygens (including phenoxy) is 2. The van der Waals surface area contributed by atoms with Crippen molar-refractivity contribution in [2.45, 2.75) is 37.8 Å². The van der Waals surface area contributed by atoms with Crippen molar-refractivity contribution < 1.29 is 29.0 Å². The number of hydrogen-bond donors (Lipinski definition) is 2. The van der Waals surface area contributed by atoms with Gasteiger partial charge in [0.05, 0.1) is 19.3 Å². The summed E-state index contributed by atoms with van der Waals surface area (Å²) in [5, 5.41) is 11.7. The average Bonchev–Trinajstić information content (AvgIpc) is 3.14. The number of carbonyl (C=O) groups excluding carboxylic acids is 2. The van der Waals surface area contributed by atoms with Crippen LogP contribution in [0.3, 0.4) is 0 Å². The summed E-state index contributed by atoms with van der Waals surface area (Å²) in [5.41, 5.74) is 4.43. The Bertz CT molecular complexity index is 994. The first kappa shape index (κ1) is 22.8. The number of carboxylic acid groups (broad SMARTS) is 1. The number of benzene rings is 2. The number of nitrogens with one attached hydrogen (secondary N) is 1. The lowest BCUT2D eigenvalue weighted by Crippen LogP contribution is -2.55. The summed E-state index contributed by atoms with van der Waals surface area (Å²) in [4.78, 5) is 38.4. The average molecular weight is 453 g/mol. The molecule has 174 valence electrons. The molecular formula is C25H28N2O6. The summed E-state index contributed by atoms with van der Waals surface area (Å²) in [6, 6.07) is 14.9. The second-order valence-corrected chi connectivity index (χ2v) is 8.41. The van der Waals surface area contributed by atoms with E-state index in [1.807, 2.05) is 43.3 Å². The van der Waals surface area contributed by atoms with Crippen molar-refractivity contribution >= 4 is 18.0 Å². The molecule has 0 saturated carbocycles. The Balaban J connectivity index is 1.43. The molecule has 2 aliphatic rings. The van der Waals surface area contributed by atoms with Gasteiger partial charge in [-0.3, -0.25) is 9.59 Å². The van der Waals surface area contributed by atoms with Crippen LogP contribution in [0.4, 0.5) is 4.79 Å². The zero-order valence-corrected chi connectivity index (χ0v) is 18.5. The largest absolute Gasteiger partial charge is 0.481 e. The lowest BCUT2D eigenvalue weighted by Gasteiger charge is -2.35. The molecule has 1 fully saturated rings. The molecular weight excluding hydrogens is 424 g/mol. The first-order valence-electron chi connectivity index (χ1n) is 11.2. The molecule has 0 radical (unpaired) electrons. The monoisotopic (exact) mass is 452 g/mol. The van der Waals surface area contributed by atoms with Gasteiger partial charge < -0.3 is 24.8 Å². The zero-order valence-electron chi connectivity index (χ0n) is 18.5. The molecule has 1 heterocycles. The molecule has 2 atom stereocenters. The fraction of sp³-hybridized carbons (Fsp3) is 0.400. The third-order valence-corrected chi connectivity index (χ3v) is 6.23. The number of carboxylic acids is 1. The first-order valence-corrected chi connectivity index (χ1v) is 11.2. The topological polar surface area (TPSA) is 105 Å². The molecule has 1 aliphatic carbocycles. The minimum Gasteiger partial charge on any atom is -0.481 e. The molecule has 8 nitrogen and oxygen atoms in total. The van der Waals surface area contributed by atoms with Gasteiger partial charge in [0.1, 0.15) is 12.6 Å². The number of morpholine rings is 1. The van der Waals surface area contributed by atoms with Crippen LogP contribution in [0, 0.1) is 0 Å². The van der Waals surface area contributed by atoms with Crippen LogP contribution >= 0.6 is 0 Å². The third kappa shape index (κ3) is 5.01. The summed E-state index contributed by atoms with van der Waals surface area (Å²) in [7, 11) is 0. The van der Waals surface area contributed by atoms with Gasteiger partial charge in [0.25, 0.3) is 0 Å². The van der Waals surface area contributed by atoms with E-state index in [-0.39, 0.29) is 37.3 Å². The van der Waals surface area contributed by atoms with E-state index in [1.165, 1.54) is 0 Å². The van der Waals surface area contributed by atoms with Crippen LogP contribution in [0.25, 0.3) is 11.1 Å². The molecule has 2 N–H and O–H groups in total. The van der Waals surface area contributed by atoms with Crippen LogP contribution in [-0.4, -0.2) is 66.4 Å². The SMILES string of the molecule is C[C@H]1COCCN1C(=O)C(CCC(=O)O)NC(=O)OCC1c2ccccc2-c2ccccc21. The molecule has 0 spiro atoms. The second-order valence-electron chi connectivity index (χ2n) is 8.41. The standard InChI is InChI=1S/C25H28N2O6/c1-16-14-32-13-12-27(16)24(30)22(10-11-23(28)29)26-25(31)33-15-21-19-8-4-2-6-17(19)18-7-3-5-9-20(18)21/h2-9,16,21-22H,10-15H2,1H3,(H,26,31)(H,28,29)/t16-,22?/m0/s1. The number of nitrogens with zero attached hydrogens (tertiary/aromatic N) is 1. The van der Waals surface area contributed by atoms with Gasteiger partial charge in [-0.1, -0.05) is 48.5 Å². The molecule has 2 amide bonds.